The van der Waals surface area contributed by atoms with Crippen molar-refractivity contribution < 1.29 is 37.3 Å². The summed E-state index contributed by atoms with van der Waals surface area (Å²) >= 11 is 0. The Morgan fingerprint density at radius 1 is 0.443 bits per heavy atom. The number of esters is 1. The third-order valence-corrected chi connectivity index (χ3v) is 15.0. The van der Waals surface area contributed by atoms with Gasteiger partial charge in [0.2, 0.25) is 5.91 Å². The first-order valence-corrected chi connectivity index (χ1v) is 34.0. The van der Waals surface area contributed by atoms with Gasteiger partial charge in [0.25, 0.3) is 7.82 Å². The summed E-state index contributed by atoms with van der Waals surface area (Å²) in [5.41, 5.74) is 0. The number of hydrogen-bond acceptors (Lipinski definition) is 7. The van der Waals surface area contributed by atoms with Crippen LogP contribution in [0.5, 0.6) is 0 Å². The molecule has 0 aliphatic rings. The van der Waals surface area contributed by atoms with Gasteiger partial charge >= 0.3 is 5.97 Å². The summed E-state index contributed by atoms with van der Waals surface area (Å²) in [6.07, 6.45) is 78.0. The van der Waals surface area contributed by atoms with Crippen molar-refractivity contribution in [2.75, 3.05) is 40.9 Å². The van der Waals surface area contributed by atoms with Crippen LogP contribution in [-0.2, 0) is 27.9 Å². The highest BCUT2D eigenvalue weighted by Crippen LogP contribution is 2.38. The first kappa shape index (κ1) is 75.9. The molecule has 3 unspecified atom stereocenters. The lowest BCUT2D eigenvalue weighted by Crippen LogP contribution is -2.47. The van der Waals surface area contributed by atoms with Crippen molar-refractivity contribution in [3.63, 3.8) is 0 Å². The van der Waals surface area contributed by atoms with Crippen LogP contribution in [0.2, 0.25) is 0 Å². The van der Waals surface area contributed by atoms with Crippen LogP contribution < -0.4 is 10.2 Å². The number of nitrogens with zero attached hydrogens (tertiary/aromatic N) is 1. The van der Waals surface area contributed by atoms with Gasteiger partial charge < -0.3 is 28.5 Å². The zero-order chi connectivity index (χ0) is 57.9. The molecule has 0 saturated heterocycles. The highest BCUT2D eigenvalue weighted by atomic mass is 31.2. The number of rotatable bonds is 58. The van der Waals surface area contributed by atoms with Crippen molar-refractivity contribution in [2.45, 2.75) is 290 Å². The zero-order valence-corrected chi connectivity index (χ0v) is 52.9. The number of carbonyl (C=O) groups is 2. The molecule has 0 radical (unpaired) electrons. The van der Waals surface area contributed by atoms with E-state index in [0.717, 1.165) is 109 Å². The van der Waals surface area contributed by atoms with Crippen LogP contribution in [0.1, 0.15) is 278 Å². The third-order valence-electron chi connectivity index (χ3n) is 14.0. The molecule has 1 amide bonds. The number of likely N-dealkylation sites (N-methyl/N-ethyl adjacent to an activating group) is 1. The van der Waals surface area contributed by atoms with Gasteiger partial charge in [0, 0.05) is 12.8 Å². The topological polar surface area (TPSA) is 114 Å². The lowest BCUT2D eigenvalue weighted by Gasteiger charge is -2.30. The molecular weight excluding hydrogens is 1000 g/mol. The number of phosphoric acid groups is 1. The zero-order valence-electron chi connectivity index (χ0n) is 52.1. The van der Waals surface area contributed by atoms with Crippen LogP contribution in [0.15, 0.2) is 97.2 Å². The van der Waals surface area contributed by atoms with Gasteiger partial charge in [-0.25, -0.2) is 0 Å². The number of unbranched alkanes of at least 4 members (excludes halogenated alkanes) is 28. The Bertz CT molecular complexity index is 1670. The molecule has 0 rings (SSSR count). The Morgan fingerprint density at radius 2 is 0.772 bits per heavy atom. The summed E-state index contributed by atoms with van der Waals surface area (Å²) in [5, 5.41) is 3.02. The van der Waals surface area contributed by atoms with Crippen LogP contribution in [0.25, 0.3) is 0 Å². The summed E-state index contributed by atoms with van der Waals surface area (Å²) < 4.78 is 30.3. The Hall–Kier alpha value is -3.07. The molecule has 0 aromatic heterocycles. The van der Waals surface area contributed by atoms with Crippen LogP contribution in [0.3, 0.4) is 0 Å². The fraction of sp³-hybridized carbons (Fsp3) is 0.739. The van der Waals surface area contributed by atoms with E-state index in [1.165, 1.54) is 128 Å². The number of carbonyl (C=O) groups excluding carboxylic acids is 2. The second kappa shape index (κ2) is 58.1. The van der Waals surface area contributed by atoms with Crippen molar-refractivity contribution in [1.29, 1.82) is 0 Å². The predicted octanol–water partition coefficient (Wildman–Crippen LogP) is 19.7. The molecule has 0 aromatic rings. The number of hydrogen-bond donors (Lipinski definition) is 1. The second-order valence-electron chi connectivity index (χ2n) is 22.9. The lowest BCUT2D eigenvalue weighted by molar-refractivity contribution is -0.870. The molecule has 79 heavy (non-hydrogen) atoms. The number of phosphoric ester groups is 1. The highest BCUT2D eigenvalue weighted by Gasteiger charge is 2.27. The average Bonchev–Trinajstić information content (AvgIpc) is 3.41. The predicted molar refractivity (Wildman–Crippen MR) is 339 cm³/mol. The minimum Gasteiger partial charge on any atom is -0.756 e. The van der Waals surface area contributed by atoms with E-state index >= 15 is 0 Å². The van der Waals surface area contributed by atoms with E-state index < -0.39 is 26.6 Å². The van der Waals surface area contributed by atoms with Crippen LogP contribution in [0.4, 0.5) is 0 Å². The number of nitrogens with one attached hydrogen (secondary N) is 1. The average molecular weight is 1120 g/mol. The van der Waals surface area contributed by atoms with Crippen LogP contribution in [-0.4, -0.2) is 69.4 Å². The first-order valence-electron chi connectivity index (χ1n) is 32.5. The van der Waals surface area contributed by atoms with Crippen molar-refractivity contribution in [1.82, 2.24) is 5.32 Å². The maximum atomic E-state index is 13.6. The van der Waals surface area contributed by atoms with Crippen molar-refractivity contribution >= 4 is 19.7 Å². The SMILES string of the molecule is CCCCC/C=C\C/C=C\C/C=C\C/C=C\CCCCCCCCCCCC(=O)NC(COP(=O)([O-])OCC[N+](C)(C)C)C(/C=C\CCCCCCCCCCC)OC(=O)CCCCCC/C=C\C/C=C\C/C=C\CCCCC. The molecule has 0 heterocycles. The molecule has 0 saturated carbocycles. The van der Waals surface area contributed by atoms with Gasteiger partial charge in [-0.15, -0.1) is 0 Å². The second-order valence-corrected chi connectivity index (χ2v) is 24.3. The molecule has 0 aliphatic heterocycles. The molecule has 0 aliphatic carbocycles. The molecule has 456 valence electrons. The molecule has 1 N–H and O–H groups in total. The highest BCUT2D eigenvalue weighted by molar-refractivity contribution is 7.45. The van der Waals surface area contributed by atoms with E-state index in [1.54, 1.807) is 0 Å². The van der Waals surface area contributed by atoms with Gasteiger partial charge in [-0.05, 0) is 115 Å². The summed E-state index contributed by atoms with van der Waals surface area (Å²) in [6, 6.07) is -0.906. The Balaban J connectivity index is 5.17. The lowest BCUT2D eigenvalue weighted by atomic mass is 10.0. The molecule has 3 atom stereocenters. The van der Waals surface area contributed by atoms with Gasteiger partial charge in [-0.1, -0.05) is 247 Å². The van der Waals surface area contributed by atoms with Gasteiger partial charge in [0.05, 0.1) is 33.8 Å². The summed E-state index contributed by atoms with van der Waals surface area (Å²) in [5.74, 6) is -0.575. The van der Waals surface area contributed by atoms with Gasteiger partial charge in [-0.3, -0.25) is 14.2 Å². The smallest absolute Gasteiger partial charge is 0.306 e. The fourth-order valence-corrected chi connectivity index (χ4v) is 9.65. The van der Waals surface area contributed by atoms with Crippen molar-refractivity contribution in [3.05, 3.63) is 97.2 Å². The summed E-state index contributed by atoms with van der Waals surface area (Å²) in [7, 11) is 1.16. The molecule has 10 heteroatoms. The molecule has 0 spiro atoms. The Kier molecular flexibility index (Phi) is 55.9. The van der Waals surface area contributed by atoms with E-state index in [0.29, 0.717) is 23.9 Å². The van der Waals surface area contributed by atoms with Crippen LogP contribution in [0, 0.1) is 0 Å². The third kappa shape index (κ3) is 59.4. The quantitative estimate of drug-likeness (QED) is 0.0212. The van der Waals surface area contributed by atoms with E-state index in [9.17, 15) is 19.0 Å². The summed E-state index contributed by atoms with van der Waals surface area (Å²) in [4.78, 5) is 40.0. The number of amides is 1. The number of ether oxygens (including phenoxy) is 1. The summed E-state index contributed by atoms with van der Waals surface area (Å²) in [6.45, 7) is 6.76. The minimum absolute atomic E-state index is 0.0316. The molecule has 9 nitrogen and oxygen atoms in total. The molecular formula is C69H123N2O7P. The van der Waals surface area contributed by atoms with E-state index in [4.69, 9.17) is 13.8 Å². The van der Waals surface area contributed by atoms with Gasteiger partial charge in [-0.2, -0.15) is 0 Å². The van der Waals surface area contributed by atoms with E-state index in [2.05, 4.69) is 111 Å². The first-order chi connectivity index (χ1) is 38.4. The minimum atomic E-state index is -4.71. The standard InChI is InChI=1S/C69H123N2O7P/c1-7-10-13-16-19-22-25-27-29-31-32-33-34-35-36-37-38-40-41-43-46-49-52-55-58-61-68(72)70-66(65-77-79(74,75)76-64-63-71(4,5)6)67(60-57-54-51-48-45-24-21-18-15-12-9-3)78-69(73)62-59-56-53-50-47-44-42-39-30-28-26-23-20-17-14-11-8-2/h19-20,22-23,27-30,32-33,35-36,42,44,57,60,66-67H,7-18,21,24-26,31,34,37-41,43,45-56,58-59,61-65H2,1-6H3,(H-,70,72,74,75)/b22-19-,23-20-,29-27-,30-28-,33-32-,36-35-,44-42-,60-57-. The molecule has 0 fully saturated rings. The number of quaternary nitrogens is 1. The Labute approximate surface area is 488 Å². The normalized spacial score (nSPS) is 14.3. The van der Waals surface area contributed by atoms with Crippen molar-refractivity contribution in [2.24, 2.45) is 0 Å². The maximum Gasteiger partial charge on any atom is 0.306 e. The van der Waals surface area contributed by atoms with Gasteiger partial charge in [0.15, 0.2) is 0 Å². The Morgan fingerprint density at radius 3 is 1.18 bits per heavy atom. The molecule has 0 aromatic carbocycles. The van der Waals surface area contributed by atoms with Crippen molar-refractivity contribution in [3.8, 4) is 0 Å². The fourth-order valence-electron chi connectivity index (χ4n) is 8.92. The van der Waals surface area contributed by atoms with Gasteiger partial charge in [0.1, 0.15) is 19.3 Å². The maximum absolute atomic E-state index is 13.6. The monoisotopic (exact) mass is 1120 g/mol. The largest absolute Gasteiger partial charge is 0.756 e. The number of allylic oxidation sites excluding steroid dienone is 15. The van der Waals surface area contributed by atoms with Crippen LogP contribution >= 0.6 is 7.82 Å². The molecule has 0 bridgehead atoms. The van der Waals surface area contributed by atoms with E-state index in [-0.39, 0.29) is 24.9 Å². The van der Waals surface area contributed by atoms with E-state index in [1.807, 2.05) is 33.3 Å².